The number of quaternary nitrogens is 1. The summed E-state index contributed by atoms with van der Waals surface area (Å²) in [6.07, 6.45) is 1.96. The minimum atomic E-state index is 0. The van der Waals surface area contributed by atoms with E-state index in [0.29, 0.717) is 6.54 Å². The van der Waals surface area contributed by atoms with Crippen molar-refractivity contribution in [2.75, 3.05) is 39.8 Å². The van der Waals surface area contributed by atoms with Crippen LogP contribution in [0.5, 0.6) is 0 Å². The van der Waals surface area contributed by atoms with Gasteiger partial charge in [0.25, 0.3) is 0 Å². The largest absolute Gasteiger partial charge is 1.00 e. The first-order valence-electron chi connectivity index (χ1n) is 4.94. The van der Waals surface area contributed by atoms with E-state index < -0.39 is 0 Å². The summed E-state index contributed by atoms with van der Waals surface area (Å²) < 4.78 is 0.906. The maximum Gasteiger partial charge on any atom is 0.214 e. The summed E-state index contributed by atoms with van der Waals surface area (Å²) in [6, 6.07) is 0. The van der Waals surface area contributed by atoms with Crippen LogP contribution in [-0.4, -0.2) is 73.0 Å². The van der Waals surface area contributed by atoms with Crippen molar-refractivity contribution in [1.82, 2.24) is 9.80 Å². The van der Waals surface area contributed by atoms with Crippen molar-refractivity contribution < 1.29 is 26.5 Å². The Kier molecular flexibility index (Phi) is 3.57. The van der Waals surface area contributed by atoms with Gasteiger partial charge in [0.05, 0.1) is 39.8 Å². The maximum absolute atomic E-state index is 10.8. The van der Waals surface area contributed by atoms with E-state index in [1.807, 2.05) is 4.90 Å². The second-order valence-electron chi connectivity index (χ2n) is 4.35. The molecule has 2 saturated heterocycles. The number of rotatable bonds is 2. The highest BCUT2D eigenvalue weighted by atomic mass is 35.5. The molecular formula is C9H16ClN3O2. The van der Waals surface area contributed by atoms with Gasteiger partial charge >= 0.3 is 0 Å². The lowest BCUT2D eigenvalue weighted by Crippen LogP contribution is -3.00. The highest BCUT2D eigenvalue weighted by Crippen LogP contribution is 2.24. The van der Waals surface area contributed by atoms with Gasteiger partial charge in [0.15, 0.2) is 6.17 Å². The Morgan fingerprint density at radius 1 is 1.20 bits per heavy atom. The van der Waals surface area contributed by atoms with Crippen LogP contribution in [0.25, 0.3) is 0 Å². The van der Waals surface area contributed by atoms with E-state index in [1.54, 1.807) is 4.90 Å². The van der Waals surface area contributed by atoms with Gasteiger partial charge in [-0.25, -0.2) is 0 Å². The van der Waals surface area contributed by atoms with E-state index in [1.165, 1.54) is 0 Å². The standard InChI is InChI=1S/C9H16N3O2.ClH/c1-12-4-2-10(7-13)6-9(12)11(8-14)3-5-12;/h7-9H,2-6H2,1H3;1H/q+1;/p-1. The molecule has 2 aliphatic heterocycles. The molecule has 0 spiro atoms. The molecule has 2 heterocycles. The number of piperazine rings is 1. The first kappa shape index (κ1) is 12.3. The smallest absolute Gasteiger partial charge is 0.214 e. The van der Waals surface area contributed by atoms with Gasteiger partial charge in [-0.1, -0.05) is 0 Å². The summed E-state index contributed by atoms with van der Waals surface area (Å²) in [5.74, 6) is 0. The fourth-order valence-corrected chi connectivity index (χ4v) is 2.44. The molecule has 0 aromatic rings. The first-order chi connectivity index (χ1) is 6.69. The fraction of sp³-hybridized carbons (Fsp3) is 0.778. The van der Waals surface area contributed by atoms with Crippen molar-refractivity contribution in [1.29, 1.82) is 0 Å². The number of halogens is 1. The van der Waals surface area contributed by atoms with E-state index in [9.17, 15) is 9.59 Å². The van der Waals surface area contributed by atoms with Gasteiger partial charge in [-0.05, 0) is 0 Å². The minimum absolute atomic E-state index is 0. The van der Waals surface area contributed by atoms with Crippen molar-refractivity contribution in [2.45, 2.75) is 6.17 Å². The van der Waals surface area contributed by atoms with Gasteiger partial charge in [-0.3, -0.25) is 14.5 Å². The molecule has 2 unspecified atom stereocenters. The number of hydrogen-bond acceptors (Lipinski definition) is 2. The number of hydrogen-bond donors (Lipinski definition) is 0. The molecule has 5 nitrogen and oxygen atoms in total. The van der Waals surface area contributed by atoms with E-state index in [2.05, 4.69) is 7.05 Å². The van der Waals surface area contributed by atoms with Crippen molar-refractivity contribution in [3.05, 3.63) is 0 Å². The molecule has 0 aliphatic carbocycles. The number of carbonyl (C=O) groups is 2. The van der Waals surface area contributed by atoms with Gasteiger partial charge in [-0.2, -0.15) is 0 Å². The summed E-state index contributed by atoms with van der Waals surface area (Å²) >= 11 is 0. The highest BCUT2D eigenvalue weighted by Gasteiger charge is 2.46. The van der Waals surface area contributed by atoms with Crippen LogP contribution in [0.2, 0.25) is 0 Å². The zero-order valence-electron chi connectivity index (χ0n) is 8.80. The van der Waals surface area contributed by atoms with Crippen LogP contribution >= 0.6 is 0 Å². The number of carbonyl (C=O) groups excluding carboxylic acids is 2. The Hall–Kier alpha value is -0.810. The number of likely N-dealkylation sites (N-methyl/N-ethyl adjacent to an activating group) is 1. The molecule has 2 atom stereocenters. The SMILES string of the molecule is C[N+]12CCN(C=O)CC1N(C=O)CC2.[Cl-]. The molecule has 2 aliphatic rings. The minimum Gasteiger partial charge on any atom is -1.00 e. The molecule has 15 heavy (non-hydrogen) atoms. The van der Waals surface area contributed by atoms with Gasteiger partial charge in [0.1, 0.15) is 0 Å². The number of nitrogens with zero attached hydrogens (tertiary/aromatic N) is 3. The topological polar surface area (TPSA) is 40.6 Å². The number of fused-ring (bicyclic) bond motifs is 1. The van der Waals surface area contributed by atoms with Gasteiger partial charge in [-0.15, -0.1) is 0 Å². The van der Waals surface area contributed by atoms with Crippen LogP contribution in [0.1, 0.15) is 0 Å². The van der Waals surface area contributed by atoms with E-state index in [-0.39, 0.29) is 18.6 Å². The third-order valence-corrected chi connectivity index (χ3v) is 3.55. The lowest BCUT2D eigenvalue weighted by molar-refractivity contribution is -0.929. The Balaban J connectivity index is 0.00000112. The van der Waals surface area contributed by atoms with Crippen molar-refractivity contribution >= 4 is 12.8 Å². The molecule has 2 amide bonds. The Morgan fingerprint density at radius 3 is 2.47 bits per heavy atom. The zero-order chi connectivity index (χ0) is 10.2. The molecule has 2 fully saturated rings. The highest BCUT2D eigenvalue weighted by molar-refractivity contribution is 5.50. The second-order valence-corrected chi connectivity index (χ2v) is 4.35. The molecule has 86 valence electrons. The van der Waals surface area contributed by atoms with Crippen molar-refractivity contribution in [3.63, 3.8) is 0 Å². The molecule has 0 bridgehead atoms. The van der Waals surface area contributed by atoms with E-state index in [0.717, 1.165) is 43.5 Å². The average molecular weight is 234 g/mol. The summed E-state index contributed by atoms with van der Waals surface area (Å²) in [6.45, 7) is 4.27. The summed E-state index contributed by atoms with van der Waals surface area (Å²) in [4.78, 5) is 25.0. The molecule has 2 rings (SSSR count). The van der Waals surface area contributed by atoms with Crippen molar-refractivity contribution in [3.8, 4) is 0 Å². The van der Waals surface area contributed by atoms with Gasteiger partial charge in [0.2, 0.25) is 12.8 Å². The molecule has 0 radical (unpaired) electrons. The quantitative estimate of drug-likeness (QED) is 0.358. The average Bonchev–Trinajstić information content (AvgIpc) is 2.53. The predicted octanol–water partition coefficient (Wildman–Crippen LogP) is -4.29. The molecule has 0 aromatic carbocycles. The second kappa shape index (κ2) is 4.37. The van der Waals surface area contributed by atoms with Crippen LogP contribution in [0.4, 0.5) is 0 Å². The lowest BCUT2D eigenvalue weighted by Gasteiger charge is -2.43. The normalized spacial score (nSPS) is 34.3. The van der Waals surface area contributed by atoms with E-state index >= 15 is 0 Å². The van der Waals surface area contributed by atoms with Crippen LogP contribution < -0.4 is 12.4 Å². The lowest BCUT2D eigenvalue weighted by atomic mass is 10.2. The summed E-state index contributed by atoms with van der Waals surface area (Å²) in [5.41, 5.74) is 0. The predicted molar refractivity (Wildman–Crippen MR) is 50.1 cm³/mol. The molecule has 0 saturated carbocycles. The summed E-state index contributed by atoms with van der Waals surface area (Å²) in [7, 11) is 2.16. The van der Waals surface area contributed by atoms with Gasteiger partial charge < -0.3 is 21.8 Å². The molecular weight excluding hydrogens is 218 g/mol. The van der Waals surface area contributed by atoms with Crippen molar-refractivity contribution in [2.24, 2.45) is 0 Å². The molecule has 0 aromatic heterocycles. The van der Waals surface area contributed by atoms with Crippen LogP contribution in [0.3, 0.4) is 0 Å². The monoisotopic (exact) mass is 233 g/mol. The Labute approximate surface area is 95.6 Å². The molecule has 0 N–H and O–H groups in total. The third-order valence-electron chi connectivity index (χ3n) is 3.55. The Bertz CT molecular complexity index is 264. The third kappa shape index (κ3) is 1.94. The fourth-order valence-electron chi connectivity index (χ4n) is 2.44. The summed E-state index contributed by atoms with van der Waals surface area (Å²) in [5, 5.41) is 0. The Morgan fingerprint density at radius 2 is 1.87 bits per heavy atom. The zero-order valence-corrected chi connectivity index (χ0v) is 9.56. The first-order valence-corrected chi connectivity index (χ1v) is 4.94. The van der Waals surface area contributed by atoms with Crippen LogP contribution in [0, 0.1) is 0 Å². The van der Waals surface area contributed by atoms with Crippen LogP contribution in [0.15, 0.2) is 0 Å². The number of amides is 2. The maximum atomic E-state index is 10.8. The molecule has 6 heteroatoms. The van der Waals surface area contributed by atoms with Crippen LogP contribution in [-0.2, 0) is 9.59 Å². The van der Waals surface area contributed by atoms with Gasteiger partial charge in [0, 0.05) is 0 Å². The van der Waals surface area contributed by atoms with E-state index in [4.69, 9.17) is 0 Å².